The van der Waals surface area contributed by atoms with E-state index in [2.05, 4.69) is 5.32 Å². The van der Waals surface area contributed by atoms with E-state index in [1.165, 1.54) is 6.07 Å². The number of aromatic carboxylic acids is 1. The van der Waals surface area contributed by atoms with E-state index in [0.717, 1.165) is 12.0 Å². The summed E-state index contributed by atoms with van der Waals surface area (Å²) in [5, 5.41) is 28.4. The summed E-state index contributed by atoms with van der Waals surface area (Å²) in [5.41, 5.74) is 6.90. The molecule has 1 heterocycles. The number of hydrogen-bond donors (Lipinski definition) is 5. The van der Waals surface area contributed by atoms with Crippen LogP contribution in [0.4, 0.5) is 0 Å². The number of nitrogens with zero attached hydrogens (tertiary/aromatic N) is 1. The van der Waals surface area contributed by atoms with Gasteiger partial charge in [-0.05, 0) is 36.7 Å². The molecule has 198 valence electrons. The predicted molar refractivity (Wildman–Crippen MR) is 139 cm³/mol. The highest BCUT2D eigenvalue weighted by atomic mass is 32.1. The SMILES string of the molecule is CCc1ccc(C(=O)c2ccccc2C(=O)O)cc1.CN1CC(=O)NC1=S.NC(CCC(=O)O)C(=O)O. The lowest BCUT2D eigenvalue weighted by Crippen LogP contribution is -2.30. The number of hydrogen-bond acceptors (Lipinski definition) is 7. The summed E-state index contributed by atoms with van der Waals surface area (Å²) >= 11 is 4.71. The molecule has 2 aromatic rings. The van der Waals surface area contributed by atoms with E-state index in [1.807, 2.05) is 19.1 Å². The number of carboxylic acid groups (broad SMARTS) is 3. The Morgan fingerprint density at radius 1 is 1.03 bits per heavy atom. The fraction of sp³-hybridized carbons (Fsp3) is 0.280. The summed E-state index contributed by atoms with van der Waals surface area (Å²) in [7, 11) is 1.78. The van der Waals surface area contributed by atoms with Crippen LogP contribution in [-0.2, 0) is 20.8 Å². The molecule has 0 saturated carbocycles. The van der Waals surface area contributed by atoms with Crippen molar-refractivity contribution < 1.29 is 39.3 Å². The summed E-state index contributed by atoms with van der Waals surface area (Å²) < 4.78 is 0. The van der Waals surface area contributed by atoms with Gasteiger partial charge in [0.1, 0.15) is 6.04 Å². The van der Waals surface area contributed by atoms with Gasteiger partial charge in [0, 0.05) is 24.6 Å². The van der Waals surface area contributed by atoms with Crippen molar-refractivity contribution in [3.63, 3.8) is 0 Å². The summed E-state index contributed by atoms with van der Waals surface area (Å²) in [6, 6.07) is 12.4. The van der Waals surface area contributed by atoms with Gasteiger partial charge in [-0.25, -0.2) is 4.79 Å². The van der Waals surface area contributed by atoms with Crippen LogP contribution in [0.25, 0.3) is 0 Å². The minimum atomic E-state index is -1.17. The third-order valence-corrected chi connectivity index (χ3v) is 5.40. The van der Waals surface area contributed by atoms with Gasteiger partial charge < -0.3 is 31.3 Å². The molecule has 1 unspecified atom stereocenters. The number of carbonyl (C=O) groups excluding carboxylic acids is 2. The minimum absolute atomic E-state index is 0.0162. The Balaban J connectivity index is 0.000000318. The number of likely N-dealkylation sites (N-methyl/N-ethyl adjacent to an activating group) is 1. The molecule has 0 radical (unpaired) electrons. The van der Waals surface area contributed by atoms with Crippen molar-refractivity contribution in [3.8, 4) is 0 Å². The van der Waals surface area contributed by atoms with Gasteiger partial charge in [0.05, 0.1) is 12.1 Å². The number of amides is 1. The van der Waals surface area contributed by atoms with Crippen molar-refractivity contribution in [2.75, 3.05) is 13.6 Å². The van der Waals surface area contributed by atoms with Crippen molar-refractivity contribution in [2.45, 2.75) is 32.2 Å². The number of rotatable bonds is 8. The first-order chi connectivity index (χ1) is 17.4. The topological polar surface area (TPSA) is 187 Å². The third kappa shape index (κ3) is 10.5. The molecular formula is C25H29N3O8S. The molecule has 12 heteroatoms. The Kier molecular flexibility index (Phi) is 12.6. The third-order valence-electron chi connectivity index (χ3n) is 4.99. The van der Waals surface area contributed by atoms with Gasteiger partial charge in [-0.15, -0.1) is 0 Å². The zero-order chi connectivity index (χ0) is 28.1. The second kappa shape index (κ2) is 15.1. The van der Waals surface area contributed by atoms with Gasteiger partial charge in [-0.2, -0.15) is 0 Å². The van der Waals surface area contributed by atoms with E-state index in [9.17, 15) is 24.0 Å². The standard InChI is InChI=1S/C16H14O3.C5H9NO4.C4H6N2OS/c1-2-11-7-9-12(10-8-11)15(17)13-5-3-4-6-14(13)16(18)19;6-3(5(9)10)1-2-4(7)8;1-6-2-3(7)5-4(6)8/h3-10H,2H2,1H3,(H,18,19);3H,1-2,6H2,(H,7,8)(H,9,10);2H2,1H3,(H,5,7,8). The Hall–Kier alpha value is -4.16. The smallest absolute Gasteiger partial charge is 0.336 e. The molecule has 1 atom stereocenters. The van der Waals surface area contributed by atoms with Crippen LogP contribution >= 0.6 is 12.2 Å². The predicted octanol–water partition coefficient (Wildman–Crippen LogP) is 1.77. The quantitative estimate of drug-likeness (QED) is 0.247. The fourth-order valence-corrected chi connectivity index (χ4v) is 3.04. The Morgan fingerprint density at radius 3 is 1.97 bits per heavy atom. The van der Waals surface area contributed by atoms with E-state index < -0.39 is 23.9 Å². The molecule has 0 aromatic heterocycles. The van der Waals surface area contributed by atoms with Crippen LogP contribution < -0.4 is 11.1 Å². The molecule has 1 saturated heterocycles. The summed E-state index contributed by atoms with van der Waals surface area (Å²) in [6.45, 7) is 2.44. The largest absolute Gasteiger partial charge is 0.481 e. The van der Waals surface area contributed by atoms with Crippen molar-refractivity contribution >= 4 is 46.9 Å². The number of aryl methyl sites for hydroxylation is 1. The molecule has 2 aromatic carbocycles. The molecule has 0 aliphatic carbocycles. The van der Waals surface area contributed by atoms with Crippen LogP contribution in [-0.4, -0.2) is 74.6 Å². The van der Waals surface area contributed by atoms with Crippen molar-refractivity contribution in [2.24, 2.45) is 5.73 Å². The Bertz CT molecular complexity index is 1150. The van der Waals surface area contributed by atoms with Gasteiger partial charge in [0.15, 0.2) is 10.9 Å². The molecule has 1 aliphatic rings. The van der Waals surface area contributed by atoms with E-state index in [4.69, 9.17) is 33.3 Å². The number of benzene rings is 2. The lowest BCUT2D eigenvalue weighted by Gasteiger charge is -2.05. The molecular weight excluding hydrogens is 502 g/mol. The lowest BCUT2D eigenvalue weighted by molar-refractivity contribution is -0.139. The maximum absolute atomic E-state index is 12.3. The first kappa shape index (κ1) is 30.9. The molecule has 1 aliphatic heterocycles. The van der Waals surface area contributed by atoms with Crippen molar-refractivity contribution in [1.82, 2.24) is 10.2 Å². The van der Waals surface area contributed by atoms with E-state index in [0.29, 0.717) is 17.2 Å². The van der Waals surface area contributed by atoms with Crippen LogP contribution in [0.5, 0.6) is 0 Å². The van der Waals surface area contributed by atoms with Crippen LogP contribution in [0.1, 0.15) is 51.6 Å². The highest BCUT2D eigenvalue weighted by Crippen LogP contribution is 2.15. The molecule has 0 bridgehead atoms. The molecule has 6 N–H and O–H groups in total. The number of ketones is 1. The zero-order valence-corrected chi connectivity index (χ0v) is 21.2. The average Bonchev–Trinajstić information content (AvgIpc) is 3.17. The van der Waals surface area contributed by atoms with E-state index >= 15 is 0 Å². The number of nitrogens with two attached hydrogens (primary N) is 1. The fourth-order valence-electron chi connectivity index (χ4n) is 2.86. The van der Waals surface area contributed by atoms with Crippen molar-refractivity contribution in [3.05, 3.63) is 70.8 Å². The highest BCUT2D eigenvalue weighted by molar-refractivity contribution is 7.80. The monoisotopic (exact) mass is 531 g/mol. The van der Waals surface area contributed by atoms with Crippen LogP contribution in [0.15, 0.2) is 48.5 Å². The molecule has 1 fully saturated rings. The first-order valence-corrected chi connectivity index (χ1v) is 11.5. The van der Waals surface area contributed by atoms with Crippen LogP contribution in [0.3, 0.4) is 0 Å². The second-order valence-electron chi connectivity index (χ2n) is 7.82. The summed E-state index contributed by atoms with van der Waals surface area (Å²) in [4.78, 5) is 55.4. The van der Waals surface area contributed by atoms with E-state index in [-0.39, 0.29) is 35.7 Å². The van der Waals surface area contributed by atoms with Gasteiger partial charge in [-0.3, -0.25) is 19.2 Å². The number of thiocarbonyl (C=S) groups is 1. The number of carboxylic acids is 3. The van der Waals surface area contributed by atoms with Gasteiger partial charge in [-0.1, -0.05) is 49.4 Å². The molecule has 3 rings (SSSR count). The van der Waals surface area contributed by atoms with Gasteiger partial charge in [0.25, 0.3) is 0 Å². The maximum Gasteiger partial charge on any atom is 0.336 e. The Morgan fingerprint density at radius 2 is 1.59 bits per heavy atom. The highest BCUT2D eigenvalue weighted by Gasteiger charge is 2.18. The average molecular weight is 532 g/mol. The van der Waals surface area contributed by atoms with E-state index in [1.54, 1.807) is 42.3 Å². The van der Waals surface area contributed by atoms with Crippen LogP contribution in [0, 0.1) is 0 Å². The first-order valence-electron chi connectivity index (χ1n) is 11.1. The Labute approximate surface area is 218 Å². The normalized spacial score (nSPS) is 12.8. The summed E-state index contributed by atoms with van der Waals surface area (Å²) in [6.07, 6.45) is 0.679. The molecule has 37 heavy (non-hydrogen) atoms. The number of carbonyl (C=O) groups is 5. The number of aliphatic carboxylic acids is 2. The summed E-state index contributed by atoms with van der Waals surface area (Å²) in [5.74, 6) is -3.56. The van der Waals surface area contributed by atoms with Crippen LogP contribution in [0.2, 0.25) is 0 Å². The zero-order valence-electron chi connectivity index (χ0n) is 20.3. The maximum atomic E-state index is 12.3. The molecule has 1 amide bonds. The molecule has 11 nitrogen and oxygen atoms in total. The van der Waals surface area contributed by atoms with Gasteiger partial charge in [0.2, 0.25) is 5.91 Å². The van der Waals surface area contributed by atoms with Crippen molar-refractivity contribution in [1.29, 1.82) is 0 Å². The lowest BCUT2D eigenvalue weighted by atomic mass is 9.97. The van der Waals surface area contributed by atoms with Gasteiger partial charge >= 0.3 is 17.9 Å². The minimum Gasteiger partial charge on any atom is -0.481 e. The number of nitrogens with one attached hydrogen (secondary N) is 1. The second-order valence-corrected chi connectivity index (χ2v) is 8.20. The molecule has 0 spiro atoms.